The standard InChI is InChI=1S/C14H17FN4O.ClH/c1-9-7-17-19(8-9)13-4-3-11(6-12(13)15)18-14(20)5-10(2)16;/h3-4,6-8,10H,5,16H2,1-2H3,(H,18,20);1H. The van der Waals surface area contributed by atoms with Crippen molar-refractivity contribution < 1.29 is 9.18 Å². The molecule has 2 rings (SSSR count). The maximum absolute atomic E-state index is 14.0. The van der Waals surface area contributed by atoms with Gasteiger partial charge in [-0.15, -0.1) is 12.4 Å². The Hall–Kier alpha value is -1.92. The van der Waals surface area contributed by atoms with E-state index < -0.39 is 5.82 Å². The minimum atomic E-state index is -0.452. The monoisotopic (exact) mass is 312 g/mol. The van der Waals surface area contributed by atoms with Gasteiger partial charge < -0.3 is 11.1 Å². The van der Waals surface area contributed by atoms with Gasteiger partial charge in [0.05, 0.1) is 6.20 Å². The van der Waals surface area contributed by atoms with Crippen LogP contribution in [0.4, 0.5) is 10.1 Å². The van der Waals surface area contributed by atoms with E-state index in [9.17, 15) is 9.18 Å². The molecule has 7 heteroatoms. The molecule has 0 aliphatic heterocycles. The van der Waals surface area contributed by atoms with Gasteiger partial charge >= 0.3 is 0 Å². The normalized spacial score (nSPS) is 11.6. The third kappa shape index (κ3) is 4.54. The second kappa shape index (κ2) is 7.19. The molecule has 1 unspecified atom stereocenters. The highest BCUT2D eigenvalue weighted by Gasteiger charge is 2.09. The molecule has 1 amide bonds. The van der Waals surface area contributed by atoms with Crippen molar-refractivity contribution in [3.8, 4) is 5.69 Å². The summed E-state index contributed by atoms with van der Waals surface area (Å²) in [5, 5.41) is 6.66. The lowest BCUT2D eigenvalue weighted by Crippen LogP contribution is -2.24. The topological polar surface area (TPSA) is 72.9 Å². The highest BCUT2D eigenvalue weighted by Crippen LogP contribution is 2.18. The van der Waals surface area contributed by atoms with Gasteiger partial charge in [-0.2, -0.15) is 5.10 Å². The Labute approximate surface area is 128 Å². The van der Waals surface area contributed by atoms with Gasteiger partial charge in [0.1, 0.15) is 5.69 Å². The van der Waals surface area contributed by atoms with Crippen LogP contribution in [0.25, 0.3) is 5.69 Å². The average molecular weight is 313 g/mol. The number of anilines is 1. The number of carbonyl (C=O) groups excluding carboxylic acids is 1. The van der Waals surface area contributed by atoms with Crippen LogP contribution in [0.2, 0.25) is 0 Å². The molecule has 3 N–H and O–H groups in total. The summed E-state index contributed by atoms with van der Waals surface area (Å²) >= 11 is 0. The Morgan fingerprint density at radius 1 is 1.52 bits per heavy atom. The minimum Gasteiger partial charge on any atom is -0.327 e. The van der Waals surface area contributed by atoms with Crippen LogP contribution in [0.1, 0.15) is 18.9 Å². The molecule has 0 radical (unpaired) electrons. The van der Waals surface area contributed by atoms with Crippen LogP contribution in [0, 0.1) is 12.7 Å². The number of benzene rings is 1. The summed E-state index contributed by atoms with van der Waals surface area (Å²) in [7, 11) is 0. The molecular formula is C14H18ClFN4O. The van der Waals surface area contributed by atoms with Crippen molar-refractivity contribution in [2.24, 2.45) is 5.73 Å². The van der Waals surface area contributed by atoms with E-state index in [2.05, 4.69) is 10.4 Å². The minimum absolute atomic E-state index is 0. The van der Waals surface area contributed by atoms with E-state index in [1.165, 1.54) is 10.7 Å². The summed E-state index contributed by atoms with van der Waals surface area (Å²) in [6, 6.07) is 4.25. The summed E-state index contributed by atoms with van der Waals surface area (Å²) in [6.45, 7) is 3.62. The first kappa shape index (κ1) is 17.1. The van der Waals surface area contributed by atoms with E-state index in [-0.39, 0.29) is 30.8 Å². The van der Waals surface area contributed by atoms with Gasteiger partial charge in [-0.1, -0.05) is 0 Å². The molecule has 0 saturated carbocycles. The number of amides is 1. The number of aryl methyl sites for hydroxylation is 1. The van der Waals surface area contributed by atoms with Crippen molar-refractivity contribution in [3.63, 3.8) is 0 Å². The van der Waals surface area contributed by atoms with Crippen LogP contribution in [-0.4, -0.2) is 21.7 Å². The molecule has 0 saturated heterocycles. The molecule has 0 aliphatic rings. The molecule has 5 nitrogen and oxygen atoms in total. The molecule has 0 bridgehead atoms. The zero-order valence-electron chi connectivity index (χ0n) is 11.8. The van der Waals surface area contributed by atoms with Gasteiger partial charge in [-0.25, -0.2) is 9.07 Å². The molecule has 2 aromatic rings. The predicted octanol–water partition coefficient (Wildman–Crippen LogP) is 2.42. The first-order valence-corrected chi connectivity index (χ1v) is 6.32. The predicted molar refractivity (Wildman–Crippen MR) is 82.4 cm³/mol. The van der Waals surface area contributed by atoms with Gasteiger partial charge in [0.15, 0.2) is 5.82 Å². The molecule has 1 aromatic carbocycles. The number of aromatic nitrogens is 2. The van der Waals surface area contributed by atoms with Crippen molar-refractivity contribution in [1.82, 2.24) is 9.78 Å². The van der Waals surface area contributed by atoms with Gasteiger partial charge in [0, 0.05) is 24.3 Å². The van der Waals surface area contributed by atoms with E-state index in [1.54, 1.807) is 31.5 Å². The van der Waals surface area contributed by atoms with Crippen LogP contribution in [0.15, 0.2) is 30.6 Å². The molecule has 1 atom stereocenters. The van der Waals surface area contributed by atoms with Crippen molar-refractivity contribution in [2.75, 3.05) is 5.32 Å². The summed E-state index contributed by atoms with van der Waals surface area (Å²) in [4.78, 5) is 11.6. The van der Waals surface area contributed by atoms with Crippen molar-refractivity contribution in [1.29, 1.82) is 0 Å². The second-order valence-corrected chi connectivity index (χ2v) is 4.86. The first-order chi connectivity index (χ1) is 9.45. The number of halogens is 2. The molecule has 114 valence electrons. The van der Waals surface area contributed by atoms with E-state index in [0.717, 1.165) is 5.56 Å². The number of nitrogens with zero attached hydrogens (tertiary/aromatic N) is 2. The van der Waals surface area contributed by atoms with Crippen LogP contribution in [0.3, 0.4) is 0 Å². The van der Waals surface area contributed by atoms with Crippen molar-refractivity contribution in [2.45, 2.75) is 26.3 Å². The fourth-order valence-electron chi connectivity index (χ4n) is 1.82. The van der Waals surface area contributed by atoms with Crippen LogP contribution < -0.4 is 11.1 Å². The number of nitrogens with one attached hydrogen (secondary N) is 1. The second-order valence-electron chi connectivity index (χ2n) is 4.86. The molecule has 1 aromatic heterocycles. The average Bonchev–Trinajstić information content (AvgIpc) is 2.74. The largest absolute Gasteiger partial charge is 0.327 e. The Balaban J connectivity index is 0.00000220. The van der Waals surface area contributed by atoms with Gasteiger partial charge in [-0.05, 0) is 37.6 Å². The number of hydrogen-bond acceptors (Lipinski definition) is 3. The number of hydrogen-bond donors (Lipinski definition) is 2. The lowest BCUT2D eigenvalue weighted by molar-refractivity contribution is -0.116. The number of nitrogens with two attached hydrogens (primary N) is 1. The SMILES string of the molecule is Cc1cnn(-c2ccc(NC(=O)CC(C)N)cc2F)c1.Cl. The maximum atomic E-state index is 14.0. The summed E-state index contributed by atoms with van der Waals surface area (Å²) in [6.07, 6.45) is 3.58. The smallest absolute Gasteiger partial charge is 0.225 e. The lowest BCUT2D eigenvalue weighted by atomic mass is 10.2. The quantitative estimate of drug-likeness (QED) is 0.910. The third-order valence-electron chi connectivity index (χ3n) is 2.70. The number of rotatable bonds is 4. The van der Waals surface area contributed by atoms with Gasteiger partial charge in [0.2, 0.25) is 5.91 Å². The highest BCUT2D eigenvalue weighted by molar-refractivity contribution is 5.91. The van der Waals surface area contributed by atoms with E-state index >= 15 is 0 Å². The van der Waals surface area contributed by atoms with E-state index in [0.29, 0.717) is 11.4 Å². The molecular weight excluding hydrogens is 295 g/mol. The van der Waals surface area contributed by atoms with E-state index in [4.69, 9.17) is 5.73 Å². The zero-order valence-corrected chi connectivity index (χ0v) is 12.7. The molecule has 0 spiro atoms. The van der Waals surface area contributed by atoms with Crippen LogP contribution in [0.5, 0.6) is 0 Å². The zero-order chi connectivity index (χ0) is 14.7. The first-order valence-electron chi connectivity index (χ1n) is 6.32. The van der Waals surface area contributed by atoms with E-state index in [1.807, 2.05) is 6.92 Å². The fraction of sp³-hybridized carbons (Fsp3) is 0.286. The Morgan fingerprint density at radius 3 is 2.76 bits per heavy atom. The maximum Gasteiger partial charge on any atom is 0.225 e. The lowest BCUT2D eigenvalue weighted by Gasteiger charge is -2.09. The third-order valence-corrected chi connectivity index (χ3v) is 2.70. The summed E-state index contributed by atoms with van der Waals surface area (Å²) in [5.41, 5.74) is 7.22. The Bertz CT molecular complexity index is 627. The summed E-state index contributed by atoms with van der Waals surface area (Å²) in [5.74, 6) is -0.686. The molecule has 1 heterocycles. The Morgan fingerprint density at radius 2 is 2.24 bits per heavy atom. The molecule has 0 fully saturated rings. The highest BCUT2D eigenvalue weighted by atomic mass is 35.5. The van der Waals surface area contributed by atoms with Crippen molar-refractivity contribution in [3.05, 3.63) is 42.0 Å². The van der Waals surface area contributed by atoms with Crippen molar-refractivity contribution >= 4 is 24.0 Å². The van der Waals surface area contributed by atoms with Gasteiger partial charge in [0.25, 0.3) is 0 Å². The summed E-state index contributed by atoms with van der Waals surface area (Å²) < 4.78 is 15.5. The van der Waals surface area contributed by atoms with Crippen LogP contribution >= 0.6 is 12.4 Å². The van der Waals surface area contributed by atoms with Crippen LogP contribution in [-0.2, 0) is 4.79 Å². The number of carbonyl (C=O) groups is 1. The molecule has 21 heavy (non-hydrogen) atoms. The fourth-order valence-corrected chi connectivity index (χ4v) is 1.82. The Kier molecular flexibility index (Phi) is 5.87. The molecule has 0 aliphatic carbocycles. The van der Waals surface area contributed by atoms with Gasteiger partial charge in [-0.3, -0.25) is 4.79 Å².